The van der Waals surface area contributed by atoms with Gasteiger partial charge in [0.2, 0.25) is 5.91 Å². The fraction of sp³-hybridized carbons (Fsp3) is 0.355. The summed E-state index contributed by atoms with van der Waals surface area (Å²) in [6.07, 6.45) is 1.45. The molecule has 0 unspecified atom stereocenters. The number of imide groups is 1. The van der Waals surface area contributed by atoms with Crippen molar-refractivity contribution in [2.24, 2.45) is 0 Å². The van der Waals surface area contributed by atoms with Gasteiger partial charge in [0.05, 0.1) is 30.7 Å². The second-order valence-electron chi connectivity index (χ2n) is 10.7. The minimum absolute atomic E-state index is 0.202. The van der Waals surface area contributed by atoms with Crippen LogP contribution in [0.5, 0.6) is 11.5 Å². The van der Waals surface area contributed by atoms with Crippen molar-refractivity contribution in [3.63, 3.8) is 0 Å². The molecule has 2 aromatic carbocycles. The number of aryl methyl sites for hydroxylation is 1. The molecule has 0 fully saturated rings. The van der Waals surface area contributed by atoms with E-state index in [9.17, 15) is 9.59 Å². The quantitative estimate of drug-likeness (QED) is 0.186. The highest BCUT2D eigenvalue weighted by molar-refractivity contribution is 9.10. The van der Waals surface area contributed by atoms with Crippen LogP contribution in [0, 0.1) is 6.92 Å². The largest absolute Gasteiger partial charge is 0.493 e. The number of imidazole rings is 1. The number of nitrogens with one attached hydrogen (secondary N) is 2. The van der Waals surface area contributed by atoms with Crippen molar-refractivity contribution in [3.05, 3.63) is 69.3 Å². The summed E-state index contributed by atoms with van der Waals surface area (Å²) in [7, 11) is 3.24. The Balaban J connectivity index is 1.30. The number of rotatable bonds is 10. The maximum absolute atomic E-state index is 13.8. The number of carbonyl (C=O) groups excluding carboxylic acids is 2. The van der Waals surface area contributed by atoms with Gasteiger partial charge in [-0.05, 0) is 104 Å². The molecule has 0 spiro atoms. The minimum Gasteiger partial charge on any atom is -0.493 e. The lowest BCUT2D eigenvalue weighted by Crippen LogP contribution is -2.52. The van der Waals surface area contributed by atoms with Gasteiger partial charge in [0.15, 0.2) is 17.3 Å². The Morgan fingerprint density at radius 1 is 1.02 bits per heavy atom. The monoisotopic (exact) mass is 619 g/mol. The van der Waals surface area contributed by atoms with Crippen molar-refractivity contribution in [2.45, 2.75) is 39.0 Å². The van der Waals surface area contributed by atoms with E-state index in [1.54, 1.807) is 14.2 Å². The van der Waals surface area contributed by atoms with E-state index in [0.29, 0.717) is 64.7 Å². The van der Waals surface area contributed by atoms with E-state index >= 15 is 0 Å². The third-order valence-corrected chi connectivity index (χ3v) is 8.14. The lowest BCUT2D eigenvalue weighted by molar-refractivity contribution is -0.134. The number of H-pyrrole nitrogens is 1. The Kier molecular flexibility index (Phi) is 8.15. The van der Waals surface area contributed by atoms with Gasteiger partial charge in [0.25, 0.3) is 5.91 Å². The van der Waals surface area contributed by atoms with Crippen LogP contribution >= 0.6 is 15.9 Å². The first-order valence-corrected chi connectivity index (χ1v) is 14.4. The number of fused-ring (bicyclic) bond motifs is 3. The van der Waals surface area contributed by atoms with Crippen LogP contribution in [0.15, 0.2) is 46.9 Å². The number of hydrogen-bond donors (Lipinski definition) is 2. The van der Waals surface area contributed by atoms with E-state index in [1.165, 1.54) is 4.90 Å². The highest BCUT2D eigenvalue weighted by Crippen LogP contribution is 2.41. The molecule has 1 aliphatic rings. The molecule has 4 aromatic rings. The predicted molar refractivity (Wildman–Crippen MR) is 162 cm³/mol. The minimum atomic E-state index is -0.881. The summed E-state index contributed by atoms with van der Waals surface area (Å²) in [6.45, 7) is 7.40. The first-order valence-electron chi connectivity index (χ1n) is 13.6. The Hall–Kier alpha value is -3.76. The van der Waals surface area contributed by atoms with Crippen molar-refractivity contribution in [1.29, 1.82) is 0 Å². The van der Waals surface area contributed by atoms with Crippen LogP contribution in [0.2, 0.25) is 0 Å². The maximum Gasteiger partial charge on any atom is 0.262 e. The van der Waals surface area contributed by atoms with Gasteiger partial charge in [-0.25, -0.2) is 9.97 Å². The van der Waals surface area contributed by atoms with Crippen LogP contribution in [0.3, 0.4) is 0 Å². The number of ether oxygens (including phenoxy) is 2. The van der Waals surface area contributed by atoms with Crippen LogP contribution in [-0.2, 0) is 16.6 Å². The standard InChI is InChI=1S/C31H34BrN5O4/c1-18-8-6-9-22(34-18)28-35-26-21(32)17-20-25(27(26)36-28)29(38)37(30(39)31(20,2)3)15-7-13-33-14-12-19-10-11-23(40-4)24(16-19)41-5/h6,8-11,16-17,33H,7,12-15H2,1-5H3,(H,35,36). The Morgan fingerprint density at radius 3 is 2.54 bits per heavy atom. The number of aromatic nitrogens is 3. The van der Waals surface area contributed by atoms with Crippen LogP contribution < -0.4 is 14.8 Å². The third kappa shape index (κ3) is 5.46. The normalized spacial score (nSPS) is 14.4. The van der Waals surface area contributed by atoms with Crippen molar-refractivity contribution in [2.75, 3.05) is 33.9 Å². The van der Waals surface area contributed by atoms with Crippen molar-refractivity contribution < 1.29 is 19.1 Å². The number of methoxy groups -OCH3 is 2. The van der Waals surface area contributed by atoms with Crippen molar-refractivity contribution in [3.8, 4) is 23.0 Å². The van der Waals surface area contributed by atoms with Gasteiger partial charge in [-0.1, -0.05) is 12.1 Å². The molecule has 0 radical (unpaired) electrons. The summed E-state index contributed by atoms with van der Waals surface area (Å²) in [4.78, 5) is 41.5. The summed E-state index contributed by atoms with van der Waals surface area (Å²) < 4.78 is 11.4. The molecule has 10 heteroatoms. The first-order chi connectivity index (χ1) is 19.6. The van der Waals surface area contributed by atoms with Gasteiger partial charge < -0.3 is 19.8 Å². The molecule has 214 valence electrons. The van der Waals surface area contributed by atoms with Gasteiger partial charge in [0, 0.05) is 16.7 Å². The molecular formula is C31H34BrN5O4. The van der Waals surface area contributed by atoms with Crippen LogP contribution in [0.1, 0.15) is 47.4 Å². The summed E-state index contributed by atoms with van der Waals surface area (Å²) in [6, 6.07) is 13.5. The van der Waals surface area contributed by atoms with Gasteiger partial charge in [0.1, 0.15) is 11.2 Å². The Morgan fingerprint density at radius 2 is 1.80 bits per heavy atom. The molecule has 9 nitrogen and oxygen atoms in total. The molecule has 1 aliphatic heterocycles. The van der Waals surface area contributed by atoms with Gasteiger partial charge in [-0.3, -0.25) is 14.5 Å². The van der Waals surface area contributed by atoms with Crippen molar-refractivity contribution >= 4 is 38.8 Å². The molecular weight excluding hydrogens is 586 g/mol. The number of nitrogens with zero attached hydrogens (tertiary/aromatic N) is 3. The van der Waals surface area contributed by atoms with Crippen LogP contribution in [0.25, 0.3) is 22.6 Å². The highest BCUT2D eigenvalue weighted by Gasteiger charge is 2.45. The van der Waals surface area contributed by atoms with E-state index in [4.69, 9.17) is 14.5 Å². The number of benzene rings is 2. The molecule has 2 N–H and O–H groups in total. The average Bonchev–Trinajstić information content (AvgIpc) is 3.41. The second kappa shape index (κ2) is 11.6. The van der Waals surface area contributed by atoms with Crippen molar-refractivity contribution in [1.82, 2.24) is 25.2 Å². The summed E-state index contributed by atoms with van der Waals surface area (Å²) >= 11 is 3.62. The Labute approximate surface area is 247 Å². The molecule has 5 rings (SSSR count). The molecule has 0 bridgehead atoms. The van der Waals surface area contributed by atoms with E-state index in [1.807, 2.05) is 63.2 Å². The number of amides is 2. The van der Waals surface area contributed by atoms with Gasteiger partial charge >= 0.3 is 0 Å². The smallest absolute Gasteiger partial charge is 0.262 e. The number of halogens is 1. The molecule has 0 saturated heterocycles. The lowest BCUT2D eigenvalue weighted by atomic mass is 9.76. The third-order valence-electron chi connectivity index (χ3n) is 7.54. The summed E-state index contributed by atoms with van der Waals surface area (Å²) in [5, 5.41) is 3.42. The van der Waals surface area contributed by atoms with Gasteiger partial charge in [-0.15, -0.1) is 0 Å². The molecule has 2 aromatic heterocycles. The summed E-state index contributed by atoms with van der Waals surface area (Å²) in [5.74, 6) is 1.47. The molecule has 0 aliphatic carbocycles. The fourth-order valence-electron chi connectivity index (χ4n) is 5.28. The van der Waals surface area contributed by atoms with E-state index in [-0.39, 0.29) is 11.8 Å². The average molecular weight is 621 g/mol. The lowest BCUT2D eigenvalue weighted by Gasteiger charge is -2.37. The fourth-order valence-corrected chi connectivity index (χ4v) is 5.79. The van der Waals surface area contributed by atoms with E-state index in [2.05, 4.69) is 31.2 Å². The SMILES string of the molecule is COc1ccc(CCNCCCN2C(=O)c3c(cc(Br)c4nc(-c5cccc(C)n5)[nH]c34)C(C)(C)C2=O)cc1OC. The van der Waals surface area contributed by atoms with E-state index < -0.39 is 5.41 Å². The van der Waals surface area contributed by atoms with Gasteiger partial charge in [-0.2, -0.15) is 0 Å². The molecule has 0 atom stereocenters. The summed E-state index contributed by atoms with van der Waals surface area (Å²) in [5.41, 5.74) is 4.22. The van der Waals surface area contributed by atoms with E-state index in [0.717, 1.165) is 28.7 Å². The predicted octanol–water partition coefficient (Wildman–Crippen LogP) is 5.20. The molecule has 2 amide bonds. The van der Waals surface area contributed by atoms with Crippen LogP contribution in [-0.4, -0.2) is 65.5 Å². The topological polar surface area (TPSA) is 109 Å². The zero-order chi connectivity index (χ0) is 29.3. The molecule has 3 heterocycles. The molecule has 0 saturated carbocycles. The number of pyridine rings is 1. The maximum atomic E-state index is 13.8. The molecule has 41 heavy (non-hydrogen) atoms. The van der Waals surface area contributed by atoms with Crippen LogP contribution in [0.4, 0.5) is 0 Å². The number of aromatic amines is 1. The second-order valence-corrected chi connectivity index (χ2v) is 11.5. The Bertz CT molecular complexity index is 1630. The number of hydrogen-bond acceptors (Lipinski definition) is 7. The highest BCUT2D eigenvalue weighted by atomic mass is 79.9. The zero-order valence-electron chi connectivity index (χ0n) is 23.9. The first kappa shape index (κ1) is 28.8. The zero-order valence-corrected chi connectivity index (χ0v) is 25.5. The number of carbonyl (C=O) groups is 2.